The van der Waals surface area contributed by atoms with Gasteiger partial charge in [0.1, 0.15) is 0 Å². The molecule has 0 aromatic carbocycles. The third-order valence-corrected chi connectivity index (χ3v) is 4.91. The van der Waals surface area contributed by atoms with Crippen LogP contribution in [0, 0.1) is 11.8 Å². The van der Waals surface area contributed by atoms with Gasteiger partial charge in [-0.2, -0.15) is 0 Å². The topological polar surface area (TPSA) is 57.2 Å². The van der Waals surface area contributed by atoms with Gasteiger partial charge in [0, 0.05) is 13.0 Å². The molecule has 3 aliphatic heterocycles. The summed E-state index contributed by atoms with van der Waals surface area (Å²) >= 11 is 0. The third kappa shape index (κ3) is 1.65. The van der Waals surface area contributed by atoms with Gasteiger partial charge in [-0.05, 0) is 32.1 Å². The number of hydrogen-bond donors (Lipinski definition) is 1. The van der Waals surface area contributed by atoms with Crippen LogP contribution in [0.4, 0.5) is 0 Å². The molecule has 2 bridgehead atoms. The minimum atomic E-state index is -0.905. The monoisotopic (exact) mass is 258 g/mol. The molecular formula is C13H22O5. The largest absolute Gasteiger partial charge is 0.396 e. The van der Waals surface area contributed by atoms with Crippen molar-refractivity contribution in [2.75, 3.05) is 13.7 Å². The molecular weight excluding hydrogens is 236 g/mol. The van der Waals surface area contributed by atoms with Crippen molar-refractivity contribution < 1.29 is 24.4 Å². The molecule has 4 aliphatic rings. The normalized spacial score (nSPS) is 51.8. The van der Waals surface area contributed by atoms with Crippen molar-refractivity contribution in [3.05, 3.63) is 0 Å². The van der Waals surface area contributed by atoms with E-state index in [1.807, 2.05) is 6.92 Å². The number of aliphatic hydroxyl groups excluding tert-OH is 1. The average Bonchev–Trinajstić information content (AvgIpc) is 2.59. The predicted octanol–water partition coefficient (Wildman–Crippen LogP) is 1.59. The van der Waals surface area contributed by atoms with Crippen LogP contribution in [0.25, 0.3) is 0 Å². The lowest BCUT2D eigenvalue weighted by molar-refractivity contribution is -0.554. The molecule has 104 valence electrons. The highest BCUT2D eigenvalue weighted by atomic mass is 17.3. The van der Waals surface area contributed by atoms with E-state index >= 15 is 0 Å². The van der Waals surface area contributed by atoms with Crippen LogP contribution in [0.3, 0.4) is 0 Å². The maximum absolute atomic E-state index is 9.59. The number of fused-ring (bicyclic) bond motifs is 3. The minimum absolute atomic E-state index is 0.0445. The molecule has 0 amide bonds. The Hall–Kier alpha value is -0.200. The van der Waals surface area contributed by atoms with Crippen LogP contribution < -0.4 is 0 Å². The number of aliphatic hydroxyl groups is 1. The molecule has 5 heteroatoms. The summed E-state index contributed by atoms with van der Waals surface area (Å²) in [6.45, 7) is 1.87. The van der Waals surface area contributed by atoms with Gasteiger partial charge >= 0.3 is 0 Å². The average molecular weight is 258 g/mol. The van der Waals surface area contributed by atoms with E-state index in [2.05, 4.69) is 0 Å². The Kier molecular flexibility index (Phi) is 3.15. The van der Waals surface area contributed by atoms with Gasteiger partial charge in [-0.1, -0.05) is 12.8 Å². The first kappa shape index (κ1) is 12.8. The van der Waals surface area contributed by atoms with Crippen LogP contribution in [0.5, 0.6) is 0 Å². The molecule has 1 spiro atoms. The van der Waals surface area contributed by atoms with E-state index < -0.39 is 17.7 Å². The summed E-state index contributed by atoms with van der Waals surface area (Å²) in [7, 11) is 1.65. The summed E-state index contributed by atoms with van der Waals surface area (Å²) in [6, 6.07) is 0. The lowest BCUT2D eigenvalue weighted by Crippen LogP contribution is -2.60. The molecule has 4 fully saturated rings. The van der Waals surface area contributed by atoms with Gasteiger partial charge in [-0.25, -0.2) is 9.78 Å². The Labute approximate surface area is 107 Å². The van der Waals surface area contributed by atoms with E-state index in [9.17, 15) is 5.11 Å². The van der Waals surface area contributed by atoms with Crippen molar-refractivity contribution >= 4 is 0 Å². The molecule has 0 aromatic heterocycles. The first-order chi connectivity index (χ1) is 8.64. The van der Waals surface area contributed by atoms with Crippen molar-refractivity contribution in [1.29, 1.82) is 0 Å². The summed E-state index contributed by atoms with van der Waals surface area (Å²) in [4.78, 5) is 11.3. The van der Waals surface area contributed by atoms with Crippen molar-refractivity contribution in [3.63, 3.8) is 0 Å². The first-order valence-corrected chi connectivity index (χ1v) is 6.83. The van der Waals surface area contributed by atoms with Crippen LogP contribution >= 0.6 is 0 Å². The van der Waals surface area contributed by atoms with E-state index in [0.717, 1.165) is 25.7 Å². The summed E-state index contributed by atoms with van der Waals surface area (Å²) in [6.07, 6.45) is 4.74. The maximum Gasteiger partial charge on any atom is 0.206 e. The smallest absolute Gasteiger partial charge is 0.206 e. The highest BCUT2D eigenvalue weighted by Crippen LogP contribution is 2.53. The molecule has 0 aromatic rings. The molecule has 0 radical (unpaired) electrons. The highest BCUT2D eigenvalue weighted by molar-refractivity contribution is 5.01. The Morgan fingerprint density at radius 2 is 2.17 bits per heavy atom. The van der Waals surface area contributed by atoms with Crippen LogP contribution in [-0.2, 0) is 19.2 Å². The highest BCUT2D eigenvalue weighted by Gasteiger charge is 2.62. The second-order valence-corrected chi connectivity index (χ2v) is 5.88. The number of ether oxygens (including phenoxy) is 2. The van der Waals surface area contributed by atoms with E-state index in [4.69, 9.17) is 19.2 Å². The van der Waals surface area contributed by atoms with Gasteiger partial charge in [0.2, 0.25) is 5.79 Å². The van der Waals surface area contributed by atoms with Crippen molar-refractivity contribution in [2.24, 2.45) is 11.8 Å². The molecule has 4 rings (SSSR count). The van der Waals surface area contributed by atoms with Gasteiger partial charge in [0.25, 0.3) is 0 Å². The van der Waals surface area contributed by atoms with Crippen LogP contribution in [0.15, 0.2) is 0 Å². The van der Waals surface area contributed by atoms with Crippen molar-refractivity contribution in [1.82, 2.24) is 0 Å². The molecule has 5 nitrogen and oxygen atoms in total. The fourth-order valence-electron chi connectivity index (χ4n) is 3.72. The number of hydrogen-bond acceptors (Lipinski definition) is 5. The molecule has 18 heavy (non-hydrogen) atoms. The second kappa shape index (κ2) is 4.42. The quantitative estimate of drug-likeness (QED) is 0.762. The zero-order valence-corrected chi connectivity index (χ0v) is 11.1. The zero-order valence-electron chi connectivity index (χ0n) is 11.1. The summed E-state index contributed by atoms with van der Waals surface area (Å²) in [5.41, 5.74) is -0.490. The first-order valence-electron chi connectivity index (χ1n) is 6.83. The van der Waals surface area contributed by atoms with Crippen molar-refractivity contribution in [3.8, 4) is 0 Å². The predicted molar refractivity (Wildman–Crippen MR) is 62.3 cm³/mol. The van der Waals surface area contributed by atoms with Gasteiger partial charge in [0.05, 0.1) is 6.61 Å². The lowest BCUT2D eigenvalue weighted by atomic mass is 9.71. The summed E-state index contributed by atoms with van der Waals surface area (Å²) < 4.78 is 11.5. The lowest BCUT2D eigenvalue weighted by Gasteiger charge is -2.49. The van der Waals surface area contributed by atoms with Gasteiger partial charge in [-0.15, -0.1) is 0 Å². The van der Waals surface area contributed by atoms with E-state index in [-0.39, 0.29) is 12.5 Å². The summed E-state index contributed by atoms with van der Waals surface area (Å²) in [5.74, 6) is -0.641. The van der Waals surface area contributed by atoms with Gasteiger partial charge in [-0.3, -0.25) is 0 Å². The fraction of sp³-hybridized carbons (Fsp3) is 1.00. The molecule has 1 unspecified atom stereocenters. The second-order valence-electron chi connectivity index (χ2n) is 5.88. The van der Waals surface area contributed by atoms with Crippen molar-refractivity contribution in [2.45, 2.75) is 56.7 Å². The molecule has 1 saturated carbocycles. The molecule has 5 atom stereocenters. The van der Waals surface area contributed by atoms with Gasteiger partial charge in [0.15, 0.2) is 11.9 Å². The number of methoxy groups -OCH3 is 1. The standard InChI is InChI=1S/C13H22O5/c1-12-10(8-14)7-9-5-3-4-6-13(9,18-17-12)11(15-2)16-12/h9-11,14H,3-8H2,1-2H3/t9-,10-,11+,12?,13+/m1/s1. The van der Waals surface area contributed by atoms with Crippen LogP contribution in [0.2, 0.25) is 0 Å². The third-order valence-electron chi connectivity index (χ3n) is 4.91. The summed E-state index contributed by atoms with van der Waals surface area (Å²) in [5, 5.41) is 9.59. The molecule has 1 N–H and O–H groups in total. The zero-order chi connectivity index (χ0) is 12.8. The number of rotatable bonds is 2. The van der Waals surface area contributed by atoms with E-state index in [0.29, 0.717) is 5.92 Å². The van der Waals surface area contributed by atoms with Gasteiger partial charge < -0.3 is 14.6 Å². The Balaban J connectivity index is 1.99. The molecule has 3 heterocycles. The Morgan fingerprint density at radius 1 is 1.33 bits per heavy atom. The fourth-order valence-corrected chi connectivity index (χ4v) is 3.72. The SMILES string of the molecule is CO[C@H]1OC2(C)OO[C@]13CCCC[C@@H]3C[C@@H]2CO. The van der Waals surface area contributed by atoms with Crippen LogP contribution in [-0.4, -0.2) is 36.5 Å². The Bertz CT molecular complexity index is 323. The minimum Gasteiger partial charge on any atom is -0.396 e. The molecule has 1 aliphatic carbocycles. The van der Waals surface area contributed by atoms with Crippen LogP contribution in [0.1, 0.15) is 39.0 Å². The maximum atomic E-state index is 9.59. The molecule has 3 saturated heterocycles. The Morgan fingerprint density at radius 3 is 2.89 bits per heavy atom. The van der Waals surface area contributed by atoms with E-state index in [1.165, 1.54) is 6.42 Å². The van der Waals surface area contributed by atoms with E-state index in [1.54, 1.807) is 7.11 Å².